The van der Waals surface area contributed by atoms with E-state index in [1.54, 1.807) is 18.3 Å². The molecule has 1 aromatic carbocycles. The number of hydrogen-bond donors (Lipinski definition) is 0. The molecule has 0 unspecified atom stereocenters. The van der Waals surface area contributed by atoms with Crippen molar-refractivity contribution in [2.45, 2.75) is 18.9 Å². The van der Waals surface area contributed by atoms with Gasteiger partial charge >= 0.3 is 0 Å². The maximum absolute atomic E-state index is 12.9. The van der Waals surface area contributed by atoms with E-state index in [-0.39, 0.29) is 17.4 Å². The van der Waals surface area contributed by atoms with E-state index in [4.69, 9.17) is 0 Å². The third-order valence-corrected chi connectivity index (χ3v) is 5.83. The van der Waals surface area contributed by atoms with Crippen LogP contribution in [0.15, 0.2) is 71.7 Å². The van der Waals surface area contributed by atoms with Gasteiger partial charge in [0.15, 0.2) is 0 Å². The molecule has 1 amide bonds. The van der Waals surface area contributed by atoms with Crippen molar-refractivity contribution in [2.75, 3.05) is 13.1 Å². The SMILES string of the molecule is O=C(c1ccccn1)N1C[C@@H]2C[C@H](C1)c1cc(-c3ccccc3)cc(=O)n1C2. The summed E-state index contributed by atoms with van der Waals surface area (Å²) in [6, 6.07) is 19.3. The zero-order chi connectivity index (χ0) is 19.1. The second kappa shape index (κ2) is 6.75. The van der Waals surface area contributed by atoms with Crippen molar-refractivity contribution < 1.29 is 4.79 Å². The van der Waals surface area contributed by atoms with Crippen molar-refractivity contribution in [1.29, 1.82) is 0 Å². The summed E-state index contributed by atoms with van der Waals surface area (Å²) in [5, 5.41) is 0. The van der Waals surface area contributed by atoms with Gasteiger partial charge in [0.2, 0.25) is 0 Å². The first kappa shape index (κ1) is 16.9. The van der Waals surface area contributed by atoms with Crippen LogP contribution in [0.5, 0.6) is 0 Å². The van der Waals surface area contributed by atoms with E-state index in [1.807, 2.05) is 51.9 Å². The van der Waals surface area contributed by atoms with Gasteiger partial charge in [-0.3, -0.25) is 14.6 Å². The Balaban J connectivity index is 1.50. The number of pyridine rings is 2. The molecule has 3 aromatic rings. The first-order chi connectivity index (χ1) is 13.7. The molecule has 0 saturated carbocycles. The molecule has 0 spiro atoms. The van der Waals surface area contributed by atoms with Gasteiger partial charge in [-0.15, -0.1) is 0 Å². The number of rotatable bonds is 2. The minimum absolute atomic E-state index is 0.0229. The fourth-order valence-electron chi connectivity index (χ4n) is 4.57. The summed E-state index contributed by atoms with van der Waals surface area (Å²) in [5.74, 6) is 0.459. The fourth-order valence-corrected chi connectivity index (χ4v) is 4.57. The van der Waals surface area contributed by atoms with Crippen molar-refractivity contribution in [3.05, 3.63) is 88.6 Å². The average Bonchev–Trinajstić information content (AvgIpc) is 2.75. The normalized spacial score (nSPS) is 20.5. The van der Waals surface area contributed by atoms with Crippen LogP contribution < -0.4 is 5.56 Å². The number of piperidine rings is 1. The molecule has 2 bridgehead atoms. The highest BCUT2D eigenvalue weighted by Gasteiger charge is 2.37. The van der Waals surface area contributed by atoms with Gasteiger partial charge in [0.1, 0.15) is 5.69 Å². The van der Waals surface area contributed by atoms with Crippen LogP contribution >= 0.6 is 0 Å². The number of nitrogens with zero attached hydrogens (tertiary/aromatic N) is 3. The van der Waals surface area contributed by atoms with Crippen molar-refractivity contribution in [2.24, 2.45) is 5.92 Å². The Kier molecular flexibility index (Phi) is 4.08. The number of amides is 1. The van der Waals surface area contributed by atoms with E-state index in [9.17, 15) is 9.59 Å². The van der Waals surface area contributed by atoms with E-state index in [0.29, 0.717) is 31.2 Å². The Morgan fingerprint density at radius 1 is 0.929 bits per heavy atom. The molecule has 2 aromatic heterocycles. The molecule has 28 heavy (non-hydrogen) atoms. The quantitative estimate of drug-likeness (QED) is 0.695. The predicted octanol–water partition coefficient (Wildman–Crippen LogP) is 3.17. The van der Waals surface area contributed by atoms with E-state index in [1.165, 1.54) is 0 Å². The van der Waals surface area contributed by atoms with Crippen LogP contribution in [0.3, 0.4) is 0 Å². The van der Waals surface area contributed by atoms with Crippen molar-refractivity contribution in [3.8, 4) is 11.1 Å². The molecule has 2 aliphatic rings. The first-order valence-corrected chi connectivity index (χ1v) is 9.69. The van der Waals surface area contributed by atoms with Gasteiger partial charge in [0, 0.05) is 43.5 Å². The zero-order valence-electron chi connectivity index (χ0n) is 15.5. The number of carbonyl (C=O) groups excluding carboxylic acids is 1. The van der Waals surface area contributed by atoms with Crippen LogP contribution in [-0.4, -0.2) is 33.4 Å². The number of benzene rings is 1. The van der Waals surface area contributed by atoms with E-state index >= 15 is 0 Å². The van der Waals surface area contributed by atoms with Gasteiger partial charge in [0.25, 0.3) is 11.5 Å². The first-order valence-electron chi connectivity index (χ1n) is 9.69. The maximum atomic E-state index is 12.9. The second-order valence-corrected chi connectivity index (χ2v) is 7.71. The smallest absolute Gasteiger partial charge is 0.272 e. The summed E-state index contributed by atoms with van der Waals surface area (Å²) >= 11 is 0. The van der Waals surface area contributed by atoms with Crippen molar-refractivity contribution >= 4 is 5.91 Å². The lowest BCUT2D eigenvalue weighted by Crippen LogP contribution is -2.49. The largest absolute Gasteiger partial charge is 0.336 e. The zero-order valence-corrected chi connectivity index (χ0v) is 15.5. The van der Waals surface area contributed by atoms with Crippen LogP contribution in [0.4, 0.5) is 0 Å². The minimum atomic E-state index is -0.0229. The average molecular weight is 371 g/mol. The molecule has 5 rings (SSSR count). The Labute approximate surface area is 163 Å². The second-order valence-electron chi connectivity index (χ2n) is 7.71. The van der Waals surface area contributed by atoms with Crippen LogP contribution in [0.25, 0.3) is 11.1 Å². The fraction of sp³-hybridized carbons (Fsp3) is 0.261. The monoisotopic (exact) mass is 371 g/mol. The summed E-state index contributed by atoms with van der Waals surface area (Å²) in [7, 11) is 0. The van der Waals surface area contributed by atoms with Gasteiger partial charge in [-0.05, 0) is 41.7 Å². The maximum Gasteiger partial charge on any atom is 0.272 e. The summed E-state index contributed by atoms with van der Waals surface area (Å²) in [6.45, 7) is 1.98. The molecule has 2 aliphatic heterocycles. The standard InChI is InChI=1S/C23H21N3O2/c27-22-12-18(17-6-2-1-3-7-17)11-21-19-10-16(14-26(21)22)13-25(15-19)23(28)20-8-4-5-9-24-20/h1-9,11-12,16,19H,10,13-15H2/t16-,19+/m0/s1. The molecule has 5 heteroatoms. The summed E-state index contributed by atoms with van der Waals surface area (Å²) in [5.41, 5.74) is 3.57. The van der Waals surface area contributed by atoms with Crippen molar-refractivity contribution in [3.63, 3.8) is 0 Å². The number of hydrogen-bond acceptors (Lipinski definition) is 3. The molecule has 0 aliphatic carbocycles. The predicted molar refractivity (Wildman–Crippen MR) is 107 cm³/mol. The van der Waals surface area contributed by atoms with Gasteiger partial charge in [-0.2, -0.15) is 0 Å². The van der Waals surface area contributed by atoms with Gasteiger partial charge in [0.05, 0.1) is 0 Å². The molecule has 0 N–H and O–H groups in total. The highest BCUT2D eigenvalue weighted by molar-refractivity contribution is 5.92. The number of fused-ring (bicyclic) bond motifs is 4. The lowest BCUT2D eigenvalue weighted by molar-refractivity contribution is 0.0589. The Hall–Kier alpha value is -3.21. The van der Waals surface area contributed by atoms with Gasteiger partial charge in [-0.1, -0.05) is 36.4 Å². The van der Waals surface area contributed by atoms with Crippen LogP contribution in [0.2, 0.25) is 0 Å². The van der Waals surface area contributed by atoms with E-state index in [2.05, 4.69) is 11.1 Å². The van der Waals surface area contributed by atoms with E-state index < -0.39 is 0 Å². The lowest BCUT2D eigenvalue weighted by Gasteiger charge is -2.42. The van der Waals surface area contributed by atoms with Crippen molar-refractivity contribution in [1.82, 2.24) is 14.5 Å². The lowest BCUT2D eigenvalue weighted by atomic mass is 9.82. The third kappa shape index (κ3) is 2.93. The Morgan fingerprint density at radius 2 is 1.75 bits per heavy atom. The topological polar surface area (TPSA) is 55.2 Å². The number of carbonyl (C=O) groups is 1. The summed E-state index contributed by atoms with van der Waals surface area (Å²) in [4.78, 5) is 31.8. The molecule has 5 nitrogen and oxygen atoms in total. The van der Waals surface area contributed by atoms with Crippen LogP contribution in [0.1, 0.15) is 28.5 Å². The molecule has 140 valence electrons. The Morgan fingerprint density at radius 3 is 2.54 bits per heavy atom. The summed E-state index contributed by atoms with van der Waals surface area (Å²) in [6.07, 6.45) is 2.67. The van der Waals surface area contributed by atoms with E-state index in [0.717, 1.165) is 23.2 Å². The van der Waals surface area contributed by atoms with Crippen LogP contribution in [0, 0.1) is 5.92 Å². The minimum Gasteiger partial charge on any atom is -0.336 e. The van der Waals surface area contributed by atoms with Crippen LogP contribution in [-0.2, 0) is 6.54 Å². The molecular formula is C23H21N3O2. The molecule has 4 heterocycles. The number of aromatic nitrogens is 2. The highest BCUT2D eigenvalue weighted by Crippen LogP contribution is 2.36. The van der Waals surface area contributed by atoms with Gasteiger partial charge in [-0.25, -0.2) is 0 Å². The molecule has 0 radical (unpaired) electrons. The van der Waals surface area contributed by atoms with Gasteiger partial charge < -0.3 is 9.47 Å². The Bertz CT molecular complexity index is 1080. The highest BCUT2D eigenvalue weighted by atomic mass is 16.2. The molecule has 1 fully saturated rings. The molecular weight excluding hydrogens is 350 g/mol. The summed E-state index contributed by atoms with van der Waals surface area (Å²) < 4.78 is 1.91. The molecule has 1 saturated heterocycles. The number of likely N-dealkylation sites (tertiary alicyclic amines) is 1. The molecule has 2 atom stereocenters. The third-order valence-electron chi connectivity index (χ3n) is 5.83.